The predicted molar refractivity (Wildman–Crippen MR) is 148 cm³/mol. The van der Waals surface area contributed by atoms with E-state index >= 15 is 0 Å². The summed E-state index contributed by atoms with van der Waals surface area (Å²) in [6, 6.07) is 4.71. The first-order valence-electron chi connectivity index (χ1n) is 13.3. The van der Waals surface area contributed by atoms with Crippen LogP contribution in [0.3, 0.4) is 0 Å². The van der Waals surface area contributed by atoms with Crippen molar-refractivity contribution in [2.24, 2.45) is 0 Å². The number of hydrogen-bond donors (Lipinski definition) is 4. The summed E-state index contributed by atoms with van der Waals surface area (Å²) in [4.78, 5) is 70.9. The van der Waals surface area contributed by atoms with Crippen LogP contribution in [0.5, 0.6) is 5.75 Å². The lowest BCUT2D eigenvalue weighted by Crippen LogP contribution is -2.42. The molecule has 4 N–H and O–H groups in total. The van der Waals surface area contributed by atoms with E-state index in [0.29, 0.717) is 5.56 Å². The van der Waals surface area contributed by atoms with Gasteiger partial charge in [-0.25, -0.2) is 4.79 Å². The third kappa shape index (κ3) is 10.8. The van der Waals surface area contributed by atoms with E-state index in [1.165, 1.54) is 13.0 Å². The molecule has 42 heavy (non-hydrogen) atoms. The fourth-order valence-electron chi connectivity index (χ4n) is 3.75. The molecular formula is C28H35N3O11. The number of esters is 1. The second-order valence-electron chi connectivity index (χ2n) is 8.84. The summed E-state index contributed by atoms with van der Waals surface area (Å²) < 4.78 is 16.1. The van der Waals surface area contributed by atoms with Crippen LogP contribution in [0.4, 0.5) is 5.69 Å². The number of aliphatic carboxylic acids is 1. The highest BCUT2D eigenvalue weighted by Gasteiger charge is 2.34. The van der Waals surface area contributed by atoms with E-state index in [9.17, 15) is 39.0 Å². The Balaban J connectivity index is 0.00000301. The van der Waals surface area contributed by atoms with Gasteiger partial charge in [-0.15, -0.1) is 0 Å². The van der Waals surface area contributed by atoms with Gasteiger partial charge in [0.25, 0.3) is 11.8 Å². The van der Waals surface area contributed by atoms with Crippen LogP contribution >= 0.6 is 0 Å². The van der Waals surface area contributed by atoms with Crippen LogP contribution in [0, 0.1) is 0 Å². The van der Waals surface area contributed by atoms with Crippen molar-refractivity contribution in [1.82, 2.24) is 10.2 Å². The minimum atomic E-state index is -1.26. The second kappa shape index (κ2) is 16.6. The number of carbonyl (C=O) groups is 6. The molecule has 1 aromatic carbocycles. The summed E-state index contributed by atoms with van der Waals surface area (Å²) in [5.41, 5.74) is 0.797. The van der Waals surface area contributed by atoms with E-state index in [2.05, 4.69) is 10.6 Å². The molecule has 3 unspecified atom stereocenters. The molecule has 14 heteroatoms. The van der Waals surface area contributed by atoms with E-state index in [1.807, 2.05) is 13.8 Å². The smallest absolute Gasteiger partial charge is 0.333 e. The van der Waals surface area contributed by atoms with Crippen molar-refractivity contribution in [3.8, 4) is 5.75 Å². The minimum absolute atomic E-state index is 0.00474. The molecule has 3 rings (SSSR count). The number of carbonyl (C=O) groups excluding carboxylic acids is 5. The number of benzene rings is 1. The molecule has 0 bridgehead atoms. The number of carboxylic acid groups (broad SMARTS) is 1. The van der Waals surface area contributed by atoms with Crippen molar-refractivity contribution < 1.29 is 53.2 Å². The maximum absolute atomic E-state index is 12.7. The zero-order chi connectivity index (χ0) is 31.2. The number of aliphatic hydroxyl groups excluding tert-OH is 1. The standard InChI is InChI=1S/C26H29N3O11.C2H6/c1-15(30)38-10-2-3-16-4-5-19(39-25-13-17(31)12-20(40-25)26(36)37)18(11-16)28-21(32)8-9-27-22(33)14-29-23(34)6-7-24(29)35;1-2/h2-7,11,17,20,25,31H,8-10,12-14H2,1H3,(H,27,33)(H,28,32)(H,36,37);1-2H3/b3-2+;. The number of amides is 4. The van der Waals surface area contributed by atoms with E-state index in [1.54, 1.807) is 24.3 Å². The largest absolute Gasteiger partial charge is 0.479 e. The van der Waals surface area contributed by atoms with Gasteiger partial charge in [0.1, 0.15) is 18.9 Å². The maximum atomic E-state index is 12.7. The topological polar surface area (TPSA) is 198 Å². The molecule has 2 aliphatic rings. The zero-order valence-electron chi connectivity index (χ0n) is 23.5. The first kappa shape index (κ1) is 33.6. The highest BCUT2D eigenvalue weighted by Crippen LogP contribution is 2.31. The molecule has 0 radical (unpaired) electrons. The van der Waals surface area contributed by atoms with Crippen LogP contribution in [0.1, 0.15) is 45.6 Å². The van der Waals surface area contributed by atoms with Crippen LogP contribution < -0.4 is 15.4 Å². The van der Waals surface area contributed by atoms with Crippen molar-refractivity contribution in [2.45, 2.75) is 58.5 Å². The Morgan fingerprint density at radius 1 is 1.10 bits per heavy atom. The van der Waals surface area contributed by atoms with Gasteiger partial charge in [0.2, 0.25) is 18.1 Å². The van der Waals surface area contributed by atoms with Gasteiger partial charge in [-0.3, -0.25) is 28.9 Å². The number of nitrogens with zero attached hydrogens (tertiary/aromatic N) is 1. The lowest BCUT2D eigenvalue weighted by Gasteiger charge is -2.31. The van der Waals surface area contributed by atoms with E-state index in [4.69, 9.17) is 14.2 Å². The number of aliphatic hydroxyl groups is 1. The van der Waals surface area contributed by atoms with Gasteiger partial charge < -0.3 is 35.1 Å². The van der Waals surface area contributed by atoms with Gasteiger partial charge in [0.05, 0.1) is 11.8 Å². The molecule has 228 valence electrons. The second-order valence-corrected chi connectivity index (χ2v) is 8.84. The average molecular weight is 590 g/mol. The van der Waals surface area contributed by atoms with Crippen molar-refractivity contribution in [2.75, 3.05) is 25.0 Å². The number of imide groups is 1. The molecule has 0 aromatic heterocycles. The summed E-state index contributed by atoms with van der Waals surface area (Å²) >= 11 is 0. The molecule has 1 aromatic rings. The van der Waals surface area contributed by atoms with Crippen molar-refractivity contribution in [3.63, 3.8) is 0 Å². The molecule has 2 aliphatic heterocycles. The number of ether oxygens (including phenoxy) is 3. The van der Waals surface area contributed by atoms with Crippen LogP contribution in [0.2, 0.25) is 0 Å². The summed E-state index contributed by atoms with van der Waals surface area (Å²) in [7, 11) is 0. The number of rotatable bonds is 12. The van der Waals surface area contributed by atoms with Crippen LogP contribution in [0.25, 0.3) is 6.08 Å². The quantitative estimate of drug-likeness (QED) is 0.200. The van der Waals surface area contributed by atoms with Gasteiger partial charge in [0.15, 0.2) is 6.10 Å². The fraction of sp³-hybridized carbons (Fsp3) is 0.429. The minimum Gasteiger partial charge on any atom is -0.479 e. The molecule has 0 spiro atoms. The number of hydrogen-bond acceptors (Lipinski definition) is 10. The number of nitrogens with one attached hydrogen (secondary N) is 2. The Morgan fingerprint density at radius 3 is 2.43 bits per heavy atom. The van der Waals surface area contributed by atoms with Gasteiger partial charge in [-0.2, -0.15) is 0 Å². The van der Waals surface area contributed by atoms with Gasteiger partial charge in [-0.1, -0.05) is 26.0 Å². The van der Waals surface area contributed by atoms with Crippen molar-refractivity contribution in [1.29, 1.82) is 0 Å². The Kier molecular flexibility index (Phi) is 13.3. The molecule has 0 aliphatic carbocycles. The number of anilines is 1. The zero-order valence-corrected chi connectivity index (χ0v) is 23.5. The Labute approximate surface area is 242 Å². The van der Waals surface area contributed by atoms with E-state index in [-0.39, 0.29) is 43.9 Å². The molecule has 0 saturated carbocycles. The number of carboxylic acids is 1. The average Bonchev–Trinajstić information content (AvgIpc) is 3.25. The Bertz CT molecular complexity index is 1210. The van der Waals surface area contributed by atoms with Crippen LogP contribution in [0.15, 0.2) is 36.4 Å². The first-order valence-corrected chi connectivity index (χ1v) is 13.3. The molecule has 14 nitrogen and oxygen atoms in total. The van der Waals surface area contributed by atoms with Crippen molar-refractivity contribution >= 4 is 47.3 Å². The summed E-state index contributed by atoms with van der Waals surface area (Å²) in [5.74, 6) is -3.90. The molecule has 3 atom stereocenters. The highest BCUT2D eigenvalue weighted by atomic mass is 16.7. The lowest BCUT2D eigenvalue weighted by atomic mass is 10.1. The molecular weight excluding hydrogens is 554 g/mol. The summed E-state index contributed by atoms with van der Waals surface area (Å²) in [5, 5.41) is 24.4. The van der Waals surface area contributed by atoms with Gasteiger partial charge >= 0.3 is 11.9 Å². The maximum Gasteiger partial charge on any atom is 0.333 e. The predicted octanol–water partition coefficient (Wildman–Crippen LogP) is 0.988. The molecule has 4 amide bonds. The van der Waals surface area contributed by atoms with E-state index < -0.39 is 60.6 Å². The Hall–Kier alpha value is -4.56. The third-order valence-electron chi connectivity index (χ3n) is 5.65. The summed E-state index contributed by atoms with van der Waals surface area (Å²) in [6.07, 6.45) is 1.76. The van der Waals surface area contributed by atoms with E-state index in [0.717, 1.165) is 17.1 Å². The SMILES string of the molecule is CC.CC(=O)OC/C=C/c1ccc(OC2CC(O)CC(C(=O)O)O2)c(NC(=O)CCNC(=O)CN2C(=O)C=CC2=O)c1. The van der Waals surface area contributed by atoms with Crippen molar-refractivity contribution in [3.05, 3.63) is 42.0 Å². The molecule has 1 fully saturated rings. The highest BCUT2D eigenvalue weighted by molar-refractivity contribution is 6.14. The summed E-state index contributed by atoms with van der Waals surface area (Å²) in [6.45, 7) is 4.74. The third-order valence-corrected chi connectivity index (χ3v) is 5.65. The van der Waals surface area contributed by atoms with Gasteiger partial charge in [-0.05, 0) is 23.8 Å². The van der Waals surface area contributed by atoms with Crippen LogP contribution in [-0.4, -0.2) is 88.9 Å². The normalized spacial score (nSPS) is 19.6. The molecule has 2 heterocycles. The Morgan fingerprint density at radius 2 is 1.79 bits per heavy atom. The monoisotopic (exact) mass is 589 g/mol. The van der Waals surface area contributed by atoms with Crippen LogP contribution in [-0.2, 0) is 38.2 Å². The van der Waals surface area contributed by atoms with Gasteiger partial charge in [0, 0.05) is 44.9 Å². The lowest BCUT2D eigenvalue weighted by molar-refractivity contribution is -0.195. The molecule has 1 saturated heterocycles. The first-order chi connectivity index (χ1) is 20.0. The fourth-order valence-corrected chi connectivity index (χ4v) is 3.75.